The van der Waals surface area contributed by atoms with Gasteiger partial charge in [0.1, 0.15) is 5.56 Å². The summed E-state index contributed by atoms with van der Waals surface area (Å²) in [5.41, 5.74) is 1.80. The van der Waals surface area contributed by atoms with Crippen molar-refractivity contribution in [1.29, 1.82) is 0 Å². The second kappa shape index (κ2) is 8.78. The number of benzene rings is 2. The number of nitrogens with zero attached hydrogens (tertiary/aromatic N) is 3. The molecule has 0 radical (unpaired) electrons. The third-order valence-corrected chi connectivity index (χ3v) is 5.35. The fourth-order valence-corrected chi connectivity index (χ4v) is 3.58. The van der Waals surface area contributed by atoms with E-state index in [-0.39, 0.29) is 17.7 Å². The van der Waals surface area contributed by atoms with Crippen LogP contribution < -0.4 is 5.32 Å². The average Bonchev–Trinajstić information content (AvgIpc) is 3.14. The van der Waals surface area contributed by atoms with Crippen LogP contribution in [-0.4, -0.2) is 27.3 Å². The normalized spacial score (nSPS) is 10.6. The number of carbonyl (C=O) groups is 1. The fourth-order valence-electron chi connectivity index (χ4n) is 2.95. The van der Waals surface area contributed by atoms with Crippen molar-refractivity contribution in [1.82, 2.24) is 10.3 Å². The van der Waals surface area contributed by atoms with Crippen LogP contribution in [0.2, 0.25) is 0 Å². The Morgan fingerprint density at radius 1 is 1.07 bits per heavy atom. The highest BCUT2D eigenvalue weighted by atomic mass is 32.1. The summed E-state index contributed by atoms with van der Waals surface area (Å²) in [6.07, 6.45) is 0.540. The number of rotatable bonds is 7. The minimum absolute atomic E-state index is 0.0862. The molecular weight excluding hydrogens is 408 g/mol. The second-order valence-electron chi connectivity index (χ2n) is 6.61. The van der Waals surface area contributed by atoms with Gasteiger partial charge in [-0.15, -0.1) is 11.3 Å². The third kappa shape index (κ3) is 4.66. The summed E-state index contributed by atoms with van der Waals surface area (Å²) < 4.78 is 0. The molecule has 30 heavy (non-hydrogen) atoms. The molecule has 0 aliphatic carbocycles. The van der Waals surface area contributed by atoms with Crippen LogP contribution in [0.4, 0.5) is 11.4 Å². The van der Waals surface area contributed by atoms with Gasteiger partial charge in [-0.2, -0.15) is 0 Å². The summed E-state index contributed by atoms with van der Waals surface area (Å²) in [4.78, 5) is 37.6. The van der Waals surface area contributed by atoms with Gasteiger partial charge in [0, 0.05) is 29.6 Å². The van der Waals surface area contributed by atoms with Gasteiger partial charge in [0.2, 0.25) is 0 Å². The summed E-state index contributed by atoms with van der Waals surface area (Å²) in [5, 5.41) is 27.9. The standard InChI is InChI=1S/C20H18N4O5S/c1-12-18(23(26)27)9-16(10-19(12)24(28)29)20(25)21-8-7-14-3-5-15(6-4-14)17-11-30-13(2)22-17/h3-6,9-11H,7-8H2,1-2H3,(H,21,25). The number of nitro benzene ring substituents is 2. The van der Waals surface area contributed by atoms with E-state index in [4.69, 9.17) is 0 Å². The minimum atomic E-state index is -0.732. The topological polar surface area (TPSA) is 128 Å². The van der Waals surface area contributed by atoms with E-state index in [0.29, 0.717) is 6.42 Å². The minimum Gasteiger partial charge on any atom is -0.352 e. The van der Waals surface area contributed by atoms with Crippen molar-refractivity contribution < 1.29 is 14.6 Å². The molecule has 0 bridgehead atoms. The number of amides is 1. The summed E-state index contributed by atoms with van der Waals surface area (Å²) in [6, 6.07) is 9.91. The van der Waals surface area contributed by atoms with Crippen molar-refractivity contribution in [2.45, 2.75) is 20.3 Å². The molecule has 3 rings (SSSR count). The predicted octanol–water partition coefficient (Wildman–Crippen LogP) is 4.22. The van der Waals surface area contributed by atoms with Gasteiger partial charge in [-0.05, 0) is 25.8 Å². The number of carbonyl (C=O) groups excluding carboxylic acids is 1. The Balaban J connectivity index is 1.66. The van der Waals surface area contributed by atoms with E-state index < -0.39 is 27.1 Å². The molecule has 0 unspecified atom stereocenters. The molecule has 0 saturated heterocycles. The number of aryl methyl sites for hydroxylation is 1. The van der Waals surface area contributed by atoms with Crippen LogP contribution in [0.3, 0.4) is 0 Å². The number of aromatic nitrogens is 1. The van der Waals surface area contributed by atoms with E-state index in [9.17, 15) is 25.0 Å². The summed E-state index contributed by atoms with van der Waals surface area (Å²) in [5.74, 6) is -0.601. The lowest BCUT2D eigenvalue weighted by atomic mass is 10.1. The molecule has 0 saturated carbocycles. The van der Waals surface area contributed by atoms with E-state index in [2.05, 4.69) is 10.3 Å². The van der Waals surface area contributed by atoms with Crippen molar-refractivity contribution >= 4 is 28.6 Å². The van der Waals surface area contributed by atoms with E-state index in [0.717, 1.165) is 34.0 Å². The molecule has 0 fully saturated rings. The quantitative estimate of drug-likeness (QED) is 0.445. The van der Waals surface area contributed by atoms with Crippen LogP contribution in [-0.2, 0) is 6.42 Å². The van der Waals surface area contributed by atoms with E-state index >= 15 is 0 Å². The summed E-state index contributed by atoms with van der Waals surface area (Å²) in [7, 11) is 0. The largest absolute Gasteiger partial charge is 0.352 e. The van der Waals surface area contributed by atoms with Crippen LogP contribution in [0, 0.1) is 34.1 Å². The second-order valence-corrected chi connectivity index (χ2v) is 7.67. The molecule has 0 aliphatic heterocycles. The highest BCUT2D eigenvalue weighted by Gasteiger charge is 2.25. The highest BCUT2D eigenvalue weighted by molar-refractivity contribution is 7.09. The number of thiazole rings is 1. The first-order chi connectivity index (χ1) is 14.3. The molecule has 1 heterocycles. The van der Waals surface area contributed by atoms with Crippen LogP contribution in [0.25, 0.3) is 11.3 Å². The van der Waals surface area contributed by atoms with E-state index in [1.807, 2.05) is 36.6 Å². The zero-order valence-electron chi connectivity index (χ0n) is 16.2. The van der Waals surface area contributed by atoms with Crippen molar-refractivity contribution in [3.63, 3.8) is 0 Å². The van der Waals surface area contributed by atoms with Gasteiger partial charge < -0.3 is 5.32 Å². The van der Waals surface area contributed by atoms with Crippen molar-refractivity contribution in [3.05, 3.63) is 83.7 Å². The zero-order valence-corrected chi connectivity index (χ0v) is 17.1. The van der Waals surface area contributed by atoms with Crippen molar-refractivity contribution in [2.75, 3.05) is 6.54 Å². The predicted molar refractivity (Wildman–Crippen MR) is 113 cm³/mol. The SMILES string of the molecule is Cc1nc(-c2ccc(CCNC(=O)c3cc([N+](=O)[O-])c(C)c([N+](=O)[O-])c3)cc2)cs1. The Bertz CT molecular complexity index is 1090. The fraction of sp³-hybridized carbons (Fsp3) is 0.200. The highest BCUT2D eigenvalue weighted by Crippen LogP contribution is 2.29. The molecule has 3 aromatic rings. The van der Waals surface area contributed by atoms with Gasteiger partial charge in [-0.25, -0.2) is 4.98 Å². The first-order valence-electron chi connectivity index (χ1n) is 8.99. The molecule has 0 spiro atoms. The van der Waals surface area contributed by atoms with Gasteiger partial charge in [-0.1, -0.05) is 24.3 Å². The zero-order chi connectivity index (χ0) is 21.8. The lowest BCUT2D eigenvalue weighted by Gasteiger charge is -2.07. The molecule has 1 N–H and O–H groups in total. The van der Waals surface area contributed by atoms with Crippen LogP contribution in [0.15, 0.2) is 41.8 Å². The van der Waals surface area contributed by atoms with Gasteiger partial charge in [0.25, 0.3) is 17.3 Å². The average molecular weight is 426 g/mol. The molecule has 154 valence electrons. The Kier molecular flexibility index (Phi) is 6.17. The monoisotopic (exact) mass is 426 g/mol. The molecule has 0 atom stereocenters. The first kappa shape index (κ1) is 21.1. The van der Waals surface area contributed by atoms with Gasteiger partial charge in [-0.3, -0.25) is 25.0 Å². The lowest BCUT2D eigenvalue weighted by molar-refractivity contribution is -0.395. The maximum Gasteiger partial charge on any atom is 0.279 e. The Morgan fingerprint density at radius 3 is 2.17 bits per heavy atom. The molecule has 10 heteroatoms. The number of hydrogen-bond acceptors (Lipinski definition) is 7. The van der Waals surface area contributed by atoms with Crippen LogP contribution in [0.5, 0.6) is 0 Å². The molecule has 0 aliphatic rings. The molecule has 9 nitrogen and oxygen atoms in total. The van der Waals surface area contributed by atoms with E-state index in [1.165, 1.54) is 6.92 Å². The number of nitrogens with one attached hydrogen (secondary N) is 1. The van der Waals surface area contributed by atoms with Gasteiger partial charge in [0.15, 0.2) is 0 Å². The van der Waals surface area contributed by atoms with Crippen molar-refractivity contribution in [2.24, 2.45) is 0 Å². The Morgan fingerprint density at radius 2 is 1.67 bits per heavy atom. The van der Waals surface area contributed by atoms with E-state index in [1.54, 1.807) is 11.3 Å². The Hall–Kier alpha value is -3.66. The molecule has 1 amide bonds. The van der Waals surface area contributed by atoms with Crippen LogP contribution >= 0.6 is 11.3 Å². The Labute approximate surface area is 175 Å². The molecular formula is C20H18N4O5S. The molecule has 1 aromatic heterocycles. The van der Waals surface area contributed by atoms with Crippen LogP contribution in [0.1, 0.15) is 26.5 Å². The van der Waals surface area contributed by atoms with Gasteiger partial charge >= 0.3 is 0 Å². The third-order valence-electron chi connectivity index (χ3n) is 4.58. The van der Waals surface area contributed by atoms with Gasteiger partial charge in [0.05, 0.1) is 26.1 Å². The molecule has 2 aromatic carbocycles. The summed E-state index contributed by atoms with van der Waals surface area (Å²) >= 11 is 1.58. The first-order valence-corrected chi connectivity index (χ1v) is 9.87. The van der Waals surface area contributed by atoms with Crippen molar-refractivity contribution in [3.8, 4) is 11.3 Å². The smallest absolute Gasteiger partial charge is 0.279 e. The maximum atomic E-state index is 12.4. The maximum absolute atomic E-state index is 12.4. The summed E-state index contributed by atoms with van der Waals surface area (Å²) in [6.45, 7) is 3.51. The number of hydrogen-bond donors (Lipinski definition) is 1. The lowest BCUT2D eigenvalue weighted by Crippen LogP contribution is -2.26. The number of nitro groups is 2.